The van der Waals surface area contributed by atoms with Crippen LogP contribution in [0.3, 0.4) is 0 Å². The lowest BCUT2D eigenvalue weighted by molar-refractivity contribution is 0.112. The molecule has 0 N–H and O–H groups in total. The quantitative estimate of drug-likeness (QED) is 0.790. The van der Waals surface area contributed by atoms with Crippen molar-refractivity contribution < 1.29 is 17.9 Å². The lowest BCUT2D eigenvalue weighted by Crippen LogP contribution is -2.04. The van der Waals surface area contributed by atoms with Crippen molar-refractivity contribution in [3.63, 3.8) is 0 Å². The van der Waals surface area contributed by atoms with Crippen LogP contribution in [0.15, 0.2) is 35.2 Å². The molecule has 0 fully saturated rings. The fourth-order valence-electron chi connectivity index (χ4n) is 1.78. The molecule has 0 aliphatic heterocycles. The first-order chi connectivity index (χ1) is 9.97. The van der Waals surface area contributed by atoms with Crippen LogP contribution in [-0.4, -0.2) is 21.0 Å². The minimum absolute atomic E-state index is 0.0166. The van der Waals surface area contributed by atoms with E-state index in [9.17, 15) is 13.2 Å². The topological polar surface area (TPSA) is 84.2 Å². The number of hydrogen-bond acceptors (Lipinski definition) is 6. The van der Waals surface area contributed by atoms with Crippen LogP contribution in [-0.2, 0) is 16.4 Å². The number of benzene rings is 1. The van der Waals surface area contributed by atoms with E-state index in [1.807, 2.05) is 36.4 Å². The molecule has 7 heteroatoms. The second-order valence-electron chi connectivity index (χ2n) is 4.23. The maximum Gasteiger partial charge on any atom is 0.180 e. The molecule has 21 heavy (non-hydrogen) atoms. The Morgan fingerprint density at radius 1 is 1.33 bits per heavy atom. The molecule has 0 bridgehead atoms. The monoisotopic (exact) mass is 321 g/mol. The molecule has 0 saturated carbocycles. The van der Waals surface area contributed by atoms with Crippen molar-refractivity contribution in [1.29, 1.82) is 5.26 Å². The molecule has 1 aromatic carbocycles. The van der Waals surface area contributed by atoms with Crippen LogP contribution < -0.4 is 4.74 Å². The molecular weight excluding hydrogens is 310 g/mol. The Morgan fingerprint density at radius 3 is 2.52 bits per heavy atom. The van der Waals surface area contributed by atoms with Gasteiger partial charge in [0, 0.05) is 6.26 Å². The lowest BCUT2D eigenvalue weighted by atomic mass is 10.2. The van der Waals surface area contributed by atoms with Crippen LogP contribution in [0.25, 0.3) is 0 Å². The molecule has 1 aromatic heterocycles. The van der Waals surface area contributed by atoms with E-state index < -0.39 is 9.84 Å². The van der Waals surface area contributed by atoms with Crippen molar-refractivity contribution in [3.8, 4) is 11.8 Å². The van der Waals surface area contributed by atoms with Gasteiger partial charge in [0.15, 0.2) is 21.9 Å². The van der Waals surface area contributed by atoms with Crippen molar-refractivity contribution in [2.75, 3.05) is 6.26 Å². The van der Waals surface area contributed by atoms with Crippen molar-refractivity contribution in [1.82, 2.24) is 0 Å². The largest absolute Gasteiger partial charge is 0.485 e. The van der Waals surface area contributed by atoms with Crippen LogP contribution in [0.2, 0.25) is 0 Å². The van der Waals surface area contributed by atoms with Crippen molar-refractivity contribution in [2.24, 2.45) is 0 Å². The minimum atomic E-state index is -3.67. The summed E-state index contributed by atoms with van der Waals surface area (Å²) < 4.78 is 29.2. The first-order valence-corrected chi connectivity index (χ1v) is 8.57. The zero-order valence-electron chi connectivity index (χ0n) is 11.1. The van der Waals surface area contributed by atoms with Gasteiger partial charge in [0.1, 0.15) is 22.4 Å². The Morgan fingerprint density at radius 2 is 2.00 bits per heavy atom. The summed E-state index contributed by atoms with van der Waals surface area (Å²) in [6.07, 6.45) is 1.41. The second kappa shape index (κ2) is 6.08. The summed E-state index contributed by atoms with van der Waals surface area (Å²) in [5, 5.41) is 9.08. The average Bonchev–Trinajstić information content (AvgIpc) is 2.84. The lowest BCUT2D eigenvalue weighted by Gasteiger charge is -2.07. The Labute approximate surface area is 126 Å². The van der Waals surface area contributed by atoms with Gasteiger partial charge in [-0.25, -0.2) is 8.42 Å². The number of carbonyl (C=O) groups is 1. The highest BCUT2D eigenvalue weighted by atomic mass is 32.2. The number of nitriles is 1. The predicted molar refractivity (Wildman–Crippen MR) is 78.3 cm³/mol. The SMILES string of the molecule is CS(=O)(=O)c1c(C=O)sc(C#N)c1OCc1ccccc1. The van der Waals surface area contributed by atoms with Gasteiger partial charge in [-0.1, -0.05) is 30.3 Å². The van der Waals surface area contributed by atoms with E-state index in [0.717, 1.165) is 23.2 Å². The van der Waals surface area contributed by atoms with Gasteiger partial charge in [0.2, 0.25) is 0 Å². The molecule has 0 amide bonds. The number of nitrogens with zero attached hydrogens (tertiary/aromatic N) is 1. The molecule has 2 aromatic rings. The van der Waals surface area contributed by atoms with Crippen LogP contribution in [0.5, 0.6) is 5.75 Å². The Hall–Kier alpha value is -2.17. The predicted octanol–water partition coefficient (Wildman–Crippen LogP) is 2.41. The molecule has 2 rings (SSSR count). The first-order valence-electron chi connectivity index (χ1n) is 5.86. The summed E-state index contributed by atoms with van der Waals surface area (Å²) in [4.78, 5) is 10.9. The summed E-state index contributed by atoms with van der Waals surface area (Å²) >= 11 is 0.815. The van der Waals surface area contributed by atoms with Gasteiger partial charge in [-0.3, -0.25) is 4.79 Å². The summed E-state index contributed by atoms with van der Waals surface area (Å²) in [7, 11) is -3.67. The van der Waals surface area contributed by atoms with Crippen molar-refractivity contribution in [2.45, 2.75) is 11.5 Å². The van der Waals surface area contributed by atoms with Gasteiger partial charge in [0.05, 0.1) is 4.88 Å². The maximum absolute atomic E-state index is 11.8. The smallest absolute Gasteiger partial charge is 0.180 e. The van der Waals surface area contributed by atoms with Gasteiger partial charge < -0.3 is 4.74 Å². The average molecular weight is 321 g/mol. The van der Waals surface area contributed by atoms with Gasteiger partial charge in [-0.15, -0.1) is 11.3 Å². The molecular formula is C14H11NO4S2. The normalized spacial score (nSPS) is 10.9. The highest BCUT2D eigenvalue weighted by Gasteiger charge is 2.26. The molecule has 0 radical (unpaired) electrons. The molecule has 0 spiro atoms. The van der Waals surface area contributed by atoms with Gasteiger partial charge in [-0.05, 0) is 5.56 Å². The van der Waals surface area contributed by atoms with E-state index >= 15 is 0 Å². The first kappa shape index (κ1) is 15.2. The number of sulfone groups is 1. The minimum Gasteiger partial charge on any atom is -0.485 e. The van der Waals surface area contributed by atoms with E-state index in [4.69, 9.17) is 10.00 Å². The van der Waals surface area contributed by atoms with E-state index in [-0.39, 0.29) is 27.0 Å². The molecule has 1 heterocycles. The van der Waals surface area contributed by atoms with Crippen LogP contribution >= 0.6 is 11.3 Å². The zero-order valence-corrected chi connectivity index (χ0v) is 12.7. The summed E-state index contributed by atoms with van der Waals surface area (Å²) in [6.45, 7) is 0.118. The summed E-state index contributed by atoms with van der Waals surface area (Å²) in [5.74, 6) is -0.0454. The maximum atomic E-state index is 11.8. The fraction of sp³-hybridized carbons (Fsp3) is 0.143. The summed E-state index contributed by atoms with van der Waals surface area (Å²) in [6, 6.07) is 11.0. The van der Waals surface area contributed by atoms with Crippen molar-refractivity contribution >= 4 is 27.5 Å². The number of hydrogen-bond donors (Lipinski definition) is 0. The molecule has 0 unspecified atom stereocenters. The van der Waals surface area contributed by atoms with E-state index in [0.29, 0.717) is 6.29 Å². The number of aldehydes is 1. The highest BCUT2D eigenvalue weighted by Crippen LogP contribution is 2.38. The van der Waals surface area contributed by atoms with Gasteiger partial charge in [0.25, 0.3) is 0 Å². The van der Waals surface area contributed by atoms with Crippen LogP contribution in [0.1, 0.15) is 20.1 Å². The number of carbonyl (C=O) groups excluding carboxylic acids is 1. The van der Waals surface area contributed by atoms with Crippen molar-refractivity contribution in [3.05, 3.63) is 45.6 Å². The number of thiophene rings is 1. The molecule has 0 atom stereocenters. The second-order valence-corrected chi connectivity index (χ2v) is 7.23. The third-order valence-electron chi connectivity index (χ3n) is 2.65. The van der Waals surface area contributed by atoms with Crippen LogP contribution in [0, 0.1) is 11.3 Å². The molecule has 0 aliphatic carbocycles. The van der Waals surface area contributed by atoms with Gasteiger partial charge in [-0.2, -0.15) is 5.26 Å². The Balaban J connectivity index is 2.45. The van der Waals surface area contributed by atoms with E-state index in [1.165, 1.54) is 0 Å². The molecule has 5 nitrogen and oxygen atoms in total. The summed E-state index contributed by atoms with van der Waals surface area (Å²) in [5.41, 5.74) is 0.833. The third-order valence-corrected chi connectivity index (χ3v) is 4.93. The van der Waals surface area contributed by atoms with Crippen LogP contribution in [0.4, 0.5) is 0 Å². The number of rotatable bonds is 5. The molecule has 108 valence electrons. The van der Waals surface area contributed by atoms with E-state index in [1.54, 1.807) is 0 Å². The molecule has 0 aliphatic rings. The zero-order chi connectivity index (χ0) is 15.5. The number of ether oxygens (including phenoxy) is 1. The fourth-order valence-corrected chi connectivity index (χ4v) is 4.09. The standard InChI is InChI=1S/C14H11NO4S2/c1-21(17,18)14-12(8-16)20-11(7-15)13(14)19-9-10-5-3-2-4-6-10/h2-6,8H,9H2,1H3. The molecule has 0 saturated heterocycles. The Bertz CT molecular complexity index is 801. The van der Waals surface area contributed by atoms with Gasteiger partial charge >= 0.3 is 0 Å². The van der Waals surface area contributed by atoms with E-state index in [2.05, 4.69) is 0 Å². The highest BCUT2D eigenvalue weighted by molar-refractivity contribution is 7.91. The Kier molecular flexibility index (Phi) is 4.40. The third kappa shape index (κ3) is 3.29.